The molecule has 5 nitrogen and oxygen atoms in total. The van der Waals surface area contributed by atoms with E-state index in [1.54, 1.807) is 16.8 Å². The third-order valence-electron chi connectivity index (χ3n) is 3.62. The molecule has 0 aliphatic carbocycles. The van der Waals surface area contributed by atoms with E-state index in [0.29, 0.717) is 11.4 Å². The normalized spacial score (nSPS) is 11.0. The van der Waals surface area contributed by atoms with E-state index in [-0.39, 0.29) is 5.91 Å². The number of hydrogen-bond acceptors (Lipinski definition) is 4. The molecule has 4 rings (SSSR count). The first-order chi connectivity index (χ1) is 12.1. The van der Waals surface area contributed by atoms with Crippen LogP contribution in [-0.4, -0.2) is 20.7 Å². The van der Waals surface area contributed by atoms with E-state index < -0.39 is 0 Å². The van der Waals surface area contributed by atoms with Gasteiger partial charge in [0.15, 0.2) is 0 Å². The molecule has 0 aliphatic heterocycles. The van der Waals surface area contributed by atoms with Crippen molar-refractivity contribution in [2.45, 2.75) is 6.92 Å². The van der Waals surface area contributed by atoms with Crippen LogP contribution in [0.4, 0.5) is 5.82 Å². The van der Waals surface area contributed by atoms with Crippen molar-refractivity contribution in [1.29, 1.82) is 0 Å². The zero-order valence-electron chi connectivity index (χ0n) is 13.2. The first-order valence-electron chi connectivity index (χ1n) is 7.60. The number of aromatic nitrogens is 3. The molecule has 0 bridgehead atoms. The highest BCUT2D eigenvalue weighted by Crippen LogP contribution is 2.27. The molecule has 2 aromatic carbocycles. The summed E-state index contributed by atoms with van der Waals surface area (Å²) in [6.07, 6.45) is 0. The average molecular weight is 413 g/mol. The van der Waals surface area contributed by atoms with Crippen molar-refractivity contribution in [2.75, 3.05) is 5.32 Å². The number of thiazole rings is 1. The van der Waals surface area contributed by atoms with Gasteiger partial charge in [0.05, 0.1) is 15.9 Å². The lowest BCUT2D eigenvalue weighted by Gasteiger charge is -2.06. The van der Waals surface area contributed by atoms with E-state index in [2.05, 4.69) is 31.3 Å². The Balaban J connectivity index is 1.70. The van der Waals surface area contributed by atoms with Crippen molar-refractivity contribution >= 4 is 49.2 Å². The van der Waals surface area contributed by atoms with Crippen LogP contribution in [0.3, 0.4) is 0 Å². The lowest BCUT2D eigenvalue weighted by atomic mass is 10.2. The number of nitrogens with zero attached hydrogens (tertiary/aromatic N) is 3. The van der Waals surface area contributed by atoms with Crippen LogP contribution in [0.5, 0.6) is 0 Å². The Morgan fingerprint density at radius 2 is 2.00 bits per heavy atom. The molecule has 0 spiro atoms. The second-order valence-corrected chi connectivity index (χ2v) is 7.44. The number of hydrogen-bond donors (Lipinski definition) is 1. The van der Waals surface area contributed by atoms with Gasteiger partial charge in [-0.15, -0.1) is 0 Å². The highest BCUT2D eigenvalue weighted by molar-refractivity contribution is 9.10. The second kappa shape index (κ2) is 6.42. The van der Waals surface area contributed by atoms with Gasteiger partial charge >= 0.3 is 0 Å². The number of aryl methyl sites for hydroxylation is 1. The standard InChI is InChI=1S/C18H13BrN4OS/c1-11-9-16(21-17(24)12-5-4-6-13(19)10-12)23(22-11)18-20-14-7-2-3-8-15(14)25-18/h2-10H,1H3,(H,21,24). The largest absolute Gasteiger partial charge is 0.306 e. The second-order valence-electron chi connectivity index (χ2n) is 5.51. The highest BCUT2D eigenvalue weighted by atomic mass is 79.9. The Bertz CT molecular complexity index is 1050. The van der Waals surface area contributed by atoms with Gasteiger partial charge in [-0.3, -0.25) is 4.79 Å². The highest BCUT2D eigenvalue weighted by Gasteiger charge is 2.15. The van der Waals surface area contributed by atoms with Gasteiger partial charge in [0.1, 0.15) is 5.82 Å². The molecule has 1 amide bonds. The quantitative estimate of drug-likeness (QED) is 0.525. The monoisotopic (exact) mass is 412 g/mol. The van der Waals surface area contributed by atoms with Gasteiger partial charge in [0.25, 0.3) is 5.91 Å². The molecule has 0 unspecified atom stereocenters. The first kappa shape index (κ1) is 16.0. The number of fused-ring (bicyclic) bond motifs is 1. The fourth-order valence-corrected chi connectivity index (χ4v) is 3.83. The number of amides is 1. The Hall–Kier alpha value is -2.51. The number of para-hydroxylation sites is 1. The van der Waals surface area contributed by atoms with Gasteiger partial charge in [0, 0.05) is 16.1 Å². The van der Waals surface area contributed by atoms with Gasteiger partial charge in [-0.2, -0.15) is 9.78 Å². The SMILES string of the molecule is Cc1cc(NC(=O)c2cccc(Br)c2)n(-c2nc3ccccc3s2)n1. The van der Waals surface area contributed by atoms with E-state index in [1.807, 2.05) is 49.4 Å². The topological polar surface area (TPSA) is 59.8 Å². The lowest BCUT2D eigenvalue weighted by Crippen LogP contribution is -2.15. The summed E-state index contributed by atoms with van der Waals surface area (Å²) in [6.45, 7) is 1.89. The smallest absolute Gasteiger partial charge is 0.256 e. The molecule has 0 atom stereocenters. The van der Waals surface area contributed by atoms with Crippen LogP contribution in [0.15, 0.2) is 59.1 Å². The lowest BCUT2D eigenvalue weighted by molar-refractivity contribution is 0.102. The van der Waals surface area contributed by atoms with Gasteiger partial charge in [-0.1, -0.05) is 45.5 Å². The molecule has 0 aliphatic rings. The summed E-state index contributed by atoms with van der Waals surface area (Å²) in [5.74, 6) is 0.407. The summed E-state index contributed by atoms with van der Waals surface area (Å²) in [4.78, 5) is 17.2. The third-order valence-corrected chi connectivity index (χ3v) is 5.13. The van der Waals surface area contributed by atoms with E-state index in [9.17, 15) is 4.79 Å². The van der Waals surface area contributed by atoms with Crippen LogP contribution in [-0.2, 0) is 0 Å². The van der Waals surface area contributed by atoms with Crippen molar-refractivity contribution in [3.05, 3.63) is 70.3 Å². The number of anilines is 1. The van der Waals surface area contributed by atoms with E-state index in [4.69, 9.17) is 0 Å². The zero-order valence-corrected chi connectivity index (χ0v) is 15.6. The number of halogens is 1. The summed E-state index contributed by atoms with van der Waals surface area (Å²) >= 11 is 4.92. The molecule has 25 heavy (non-hydrogen) atoms. The molecule has 0 radical (unpaired) electrons. The summed E-state index contributed by atoms with van der Waals surface area (Å²) in [5, 5.41) is 8.13. The van der Waals surface area contributed by atoms with Crippen molar-refractivity contribution < 1.29 is 4.79 Å². The van der Waals surface area contributed by atoms with E-state index >= 15 is 0 Å². The summed E-state index contributed by atoms with van der Waals surface area (Å²) in [7, 11) is 0. The minimum atomic E-state index is -0.191. The number of carbonyl (C=O) groups is 1. The van der Waals surface area contributed by atoms with E-state index in [0.717, 1.165) is 25.5 Å². The Kier molecular flexibility index (Phi) is 4.10. The zero-order chi connectivity index (χ0) is 17.4. The van der Waals surface area contributed by atoms with Gasteiger partial charge in [-0.05, 0) is 37.3 Å². The minimum absolute atomic E-state index is 0.191. The van der Waals surface area contributed by atoms with Crippen molar-refractivity contribution in [2.24, 2.45) is 0 Å². The summed E-state index contributed by atoms with van der Waals surface area (Å²) < 4.78 is 3.61. The summed E-state index contributed by atoms with van der Waals surface area (Å²) in [5.41, 5.74) is 2.30. The molecule has 0 saturated heterocycles. The minimum Gasteiger partial charge on any atom is -0.306 e. The van der Waals surface area contributed by atoms with Gasteiger partial charge in [0.2, 0.25) is 5.13 Å². The molecule has 1 N–H and O–H groups in total. The molecular weight excluding hydrogens is 400 g/mol. The molecule has 0 saturated carbocycles. The fraction of sp³-hybridized carbons (Fsp3) is 0.0556. The maximum absolute atomic E-state index is 12.5. The van der Waals surface area contributed by atoms with Gasteiger partial charge < -0.3 is 5.32 Å². The average Bonchev–Trinajstić information content (AvgIpc) is 3.17. The number of nitrogens with one attached hydrogen (secondary N) is 1. The predicted molar refractivity (Wildman–Crippen MR) is 104 cm³/mol. The molecule has 2 aromatic heterocycles. The van der Waals surface area contributed by atoms with Crippen LogP contribution in [0.1, 0.15) is 16.1 Å². The van der Waals surface area contributed by atoms with E-state index in [1.165, 1.54) is 11.3 Å². The maximum Gasteiger partial charge on any atom is 0.256 e. The number of carbonyl (C=O) groups excluding carboxylic acids is 1. The molecule has 2 heterocycles. The molecule has 4 aromatic rings. The van der Waals surface area contributed by atoms with Crippen LogP contribution in [0, 0.1) is 6.92 Å². The Labute approximate surface area is 156 Å². The van der Waals surface area contributed by atoms with Crippen LogP contribution < -0.4 is 5.32 Å². The first-order valence-corrected chi connectivity index (χ1v) is 9.20. The molecule has 7 heteroatoms. The van der Waals surface area contributed by atoms with Crippen molar-refractivity contribution in [1.82, 2.24) is 14.8 Å². The predicted octanol–water partition coefficient (Wildman–Crippen LogP) is 4.81. The Morgan fingerprint density at radius 1 is 1.16 bits per heavy atom. The number of benzene rings is 2. The van der Waals surface area contributed by atoms with Crippen LogP contribution >= 0.6 is 27.3 Å². The third kappa shape index (κ3) is 3.20. The van der Waals surface area contributed by atoms with Gasteiger partial charge in [-0.25, -0.2) is 4.98 Å². The van der Waals surface area contributed by atoms with Crippen molar-refractivity contribution in [3.63, 3.8) is 0 Å². The van der Waals surface area contributed by atoms with Crippen molar-refractivity contribution in [3.8, 4) is 5.13 Å². The maximum atomic E-state index is 12.5. The van der Waals surface area contributed by atoms with Crippen LogP contribution in [0.2, 0.25) is 0 Å². The molecule has 0 fully saturated rings. The molecule has 124 valence electrons. The number of rotatable bonds is 3. The molecular formula is C18H13BrN4OS. The van der Waals surface area contributed by atoms with Crippen LogP contribution in [0.25, 0.3) is 15.3 Å². The Morgan fingerprint density at radius 3 is 2.80 bits per heavy atom. The summed E-state index contributed by atoms with van der Waals surface area (Å²) in [6, 6.07) is 17.0. The fourth-order valence-electron chi connectivity index (χ4n) is 2.50.